The fourth-order valence-corrected chi connectivity index (χ4v) is 2.39. The van der Waals surface area contributed by atoms with Crippen molar-refractivity contribution in [2.24, 2.45) is 4.99 Å². The summed E-state index contributed by atoms with van der Waals surface area (Å²) in [5, 5.41) is 19.3. The van der Waals surface area contributed by atoms with Gasteiger partial charge in [0, 0.05) is 11.3 Å². The Bertz CT molecular complexity index is 365. The fraction of sp³-hybridized carbons (Fsp3) is 0.300. The highest BCUT2D eigenvalue weighted by molar-refractivity contribution is 8.14. The molecule has 2 N–H and O–H groups in total. The average molecular weight is 209 g/mol. The van der Waals surface area contributed by atoms with E-state index in [2.05, 4.69) is 4.99 Å². The topological polar surface area (TPSA) is 52.8 Å². The third-order valence-corrected chi connectivity index (χ3v) is 3.21. The number of aromatic hydroxyl groups is 1. The molecule has 1 aromatic rings. The number of para-hydroxylation sites is 1. The van der Waals surface area contributed by atoms with Crippen LogP contribution in [0, 0.1) is 0 Å². The van der Waals surface area contributed by atoms with Crippen LogP contribution in [-0.4, -0.2) is 33.7 Å². The summed E-state index contributed by atoms with van der Waals surface area (Å²) in [6, 6.07) is 7.10. The first-order chi connectivity index (χ1) is 6.81. The van der Waals surface area contributed by atoms with Crippen LogP contribution >= 0.6 is 11.8 Å². The fourth-order valence-electron chi connectivity index (χ4n) is 1.31. The van der Waals surface area contributed by atoms with Gasteiger partial charge < -0.3 is 10.2 Å². The number of hydrogen-bond donors (Lipinski definition) is 2. The first-order valence-corrected chi connectivity index (χ1v) is 5.39. The molecule has 0 saturated heterocycles. The van der Waals surface area contributed by atoms with Crippen molar-refractivity contribution < 1.29 is 10.2 Å². The lowest BCUT2D eigenvalue weighted by molar-refractivity contribution is 0.277. The summed E-state index contributed by atoms with van der Waals surface area (Å²) in [5.41, 5.74) is 0.758. The van der Waals surface area contributed by atoms with E-state index in [4.69, 9.17) is 5.11 Å². The number of aliphatic imine (C=N–C) groups is 1. The quantitative estimate of drug-likeness (QED) is 0.770. The van der Waals surface area contributed by atoms with Crippen molar-refractivity contribution in [2.45, 2.75) is 6.04 Å². The van der Waals surface area contributed by atoms with Gasteiger partial charge in [0.25, 0.3) is 0 Å². The Labute approximate surface area is 86.5 Å². The lowest BCUT2D eigenvalue weighted by Gasteiger charge is -2.01. The summed E-state index contributed by atoms with van der Waals surface area (Å²) in [4.78, 5) is 4.31. The standard InChI is InChI=1S/C10H11NO2S/c12-5-7-6-14-10(11-7)8-3-1-2-4-9(8)13/h1-4,7,12-13H,5-6H2/t7-/m0/s1. The third-order valence-electron chi connectivity index (χ3n) is 2.06. The molecule has 0 bridgehead atoms. The van der Waals surface area contributed by atoms with Crippen LogP contribution < -0.4 is 0 Å². The number of phenols is 1. The Kier molecular flexibility index (Phi) is 2.74. The van der Waals surface area contributed by atoms with Gasteiger partial charge in [-0.25, -0.2) is 0 Å². The van der Waals surface area contributed by atoms with Gasteiger partial charge in [-0.3, -0.25) is 4.99 Å². The van der Waals surface area contributed by atoms with E-state index in [9.17, 15) is 5.11 Å². The van der Waals surface area contributed by atoms with Gasteiger partial charge in [0.05, 0.1) is 12.6 Å². The van der Waals surface area contributed by atoms with Crippen LogP contribution in [0.1, 0.15) is 5.56 Å². The van der Waals surface area contributed by atoms with E-state index in [-0.39, 0.29) is 18.4 Å². The highest BCUT2D eigenvalue weighted by atomic mass is 32.2. The molecule has 0 spiro atoms. The van der Waals surface area contributed by atoms with Gasteiger partial charge in [0.1, 0.15) is 10.8 Å². The van der Waals surface area contributed by atoms with E-state index in [1.54, 1.807) is 23.9 Å². The second-order valence-corrected chi connectivity index (χ2v) is 4.11. The minimum absolute atomic E-state index is 0.0189. The van der Waals surface area contributed by atoms with Crippen molar-refractivity contribution >= 4 is 16.8 Å². The number of aliphatic hydroxyl groups excluding tert-OH is 1. The zero-order valence-corrected chi connectivity index (χ0v) is 8.37. The first-order valence-electron chi connectivity index (χ1n) is 4.41. The molecule has 1 aliphatic heterocycles. The summed E-state index contributed by atoms with van der Waals surface area (Å²) >= 11 is 1.57. The molecule has 0 unspecified atom stereocenters. The first kappa shape index (κ1) is 9.55. The van der Waals surface area contributed by atoms with Gasteiger partial charge >= 0.3 is 0 Å². The maximum atomic E-state index is 9.57. The summed E-state index contributed by atoms with van der Waals surface area (Å²) in [6.45, 7) is 0.0735. The number of phenolic OH excluding ortho intramolecular Hbond substituents is 1. The Morgan fingerprint density at radius 3 is 2.86 bits per heavy atom. The van der Waals surface area contributed by atoms with Gasteiger partial charge in [-0.2, -0.15) is 0 Å². The van der Waals surface area contributed by atoms with Crippen molar-refractivity contribution in [3.8, 4) is 5.75 Å². The molecule has 0 amide bonds. The second kappa shape index (κ2) is 4.02. The molecule has 4 heteroatoms. The van der Waals surface area contributed by atoms with Crippen LogP contribution in [0.4, 0.5) is 0 Å². The number of nitrogens with zero attached hydrogens (tertiary/aromatic N) is 1. The zero-order valence-electron chi connectivity index (χ0n) is 7.55. The molecule has 74 valence electrons. The zero-order chi connectivity index (χ0) is 9.97. The molecule has 0 aliphatic carbocycles. The smallest absolute Gasteiger partial charge is 0.125 e. The summed E-state index contributed by atoms with van der Waals surface area (Å²) < 4.78 is 0. The Balaban J connectivity index is 2.28. The maximum absolute atomic E-state index is 9.57. The van der Waals surface area contributed by atoms with Crippen molar-refractivity contribution in [3.05, 3.63) is 29.8 Å². The van der Waals surface area contributed by atoms with Crippen LogP contribution in [0.5, 0.6) is 5.75 Å². The molecular formula is C10H11NO2S. The van der Waals surface area contributed by atoms with Crippen molar-refractivity contribution in [2.75, 3.05) is 12.4 Å². The summed E-state index contributed by atoms with van der Waals surface area (Å²) in [6.07, 6.45) is 0. The molecule has 2 rings (SSSR count). The second-order valence-electron chi connectivity index (χ2n) is 3.10. The molecular weight excluding hydrogens is 198 g/mol. The van der Waals surface area contributed by atoms with Crippen molar-refractivity contribution in [3.63, 3.8) is 0 Å². The number of thioether (sulfide) groups is 1. The average Bonchev–Trinajstić information content (AvgIpc) is 2.67. The SMILES string of the molecule is OC[C@H]1CSC(c2ccccc2O)=N1. The maximum Gasteiger partial charge on any atom is 0.125 e. The molecule has 3 nitrogen and oxygen atoms in total. The number of benzene rings is 1. The molecule has 14 heavy (non-hydrogen) atoms. The molecule has 0 fully saturated rings. The van der Waals surface area contributed by atoms with Crippen molar-refractivity contribution in [1.82, 2.24) is 0 Å². The van der Waals surface area contributed by atoms with Gasteiger partial charge in [0.2, 0.25) is 0 Å². The minimum atomic E-state index is -0.0189. The van der Waals surface area contributed by atoms with Crippen LogP contribution in [-0.2, 0) is 0 Å². The summed E-state index contributed by atoms with van der Waals surface area (Å²) in [7, 11) is 0. The lowest BCUT2D eigenvalue weighted by atomic mass is 10.2. The highest BCUT2D eigenvalue weighted by Gasteiger charge is 2.19. The minimum Gasteiger partial charge on any atom is -0.507 e. The highest BCUT2D eigenvalue weighted by Crippen LogP contribution is 2.28. The van der Waals surface area contributed by atoms with E-state index in [0.29, 0.717) is 0 Å². The largest absolute Gasteiger partial charge is 0.507 e. The van der Waals surface area contributed by atoms with Crippen molar-refractivity contribution in [1.29, 1.82) is 0 Å². The molecule has 1 aliphatic rings. The molecule has 0 radical (unpaired) electrons. The summed E-state index contributed by atoms with van der Waals surface area (Å²) in [5.74, 6) is 1.04. The predicted molar refractivity (Wildman–Crippen MR) is 58.0 cm³/mol. The number of rotatable bonds is 2. The van der Waals surface area contributed by atoms with Crippen LogP contribution in [0.2, 0.25) is 0 Å². The Morgan fingerprint density at radius 2 is 2.21 bits per heavy atom. The number of hydrogen-bond acceptors (Lipinski definition) is 4. The van der Waals surface area contributed by atoms with Crippen LogP contribution in [0.25, 0.3) is 0 Å². The Morgan fingerprint density at radius 1 is 1.43 bits per heavy atom. The van der Waals surface area contributed by atoms with Gasteiger partial charge in [-0.15, -0.1) is 11.8 Å². The van der Waals surface area contributed by atoms with E-state index in [0.717, 1.165) is 16.4 Å². The Hall–Kier alpha value is -1.00. The molecule has 0 aromatic heterocycles. The lowest BCUT2D eigenvalue weighted by Crippen LogP contribution is -2.08. The predicted octanol–water partition coefficient (Wildman–Crippen LogP) is 1.25. The van der Waals surface area contributed by atoms with E-state index in [1.807, 2.05) is 12.1 Å². The monoisotopic (exact) mass is 209 g/mol. The van der Waals surface area contributed by atoms with Gasteiger partial charge in [-0.05, 0) is 12.1 Å². The normalized spacial score (nSPS) is 20.9. The molecule has 1 heterocycles. The van der Waals surface area contributed by atoms with E-state index in [1.165, 1.54) is 0 Å². The molecule has 1 aromatic carbocycles. The van der Waals surface area contributed by atoms with Gasteiger partial charge in [0.15, 0.2) is 0 Å². The van der Waals surface area contributed by atoms with E-state index >= 15 is 0 Å². The molecule has 0 saturated carbocycles. The molecule has 1 atom stereocenters. The van der Waals surface area contributed by atoms with Gasteiger partial charge in [-0.1, -0.05) is 12.1 Å². The van der Waals surface area contributed by atoms with Crippen LogP contribution in [0.3, 0.4) is 0 Å². The number of aliphatic hydroxyl groups is 1. The van der Waals surface area contributed by atoms with E-state index < -0.39 is 0 Å². The van der Waals surface area contributed by atoms with Crippen LogP contribution in [0.15, 0.2) is 29.3 Å². The third kappa shape index (κ3) is 1.76.